The SMILES string of the molecule is CCCOc1cccn(CCCCOc2ccc(C)cc2)c1=O. The van der Waals surface area contributed by atoms with Crippen molar-refractivity contribution in [2.45, 2.75) is 39.7 Å². The summed E-state index contributed by atoms with van der Waals surface area (Å²) in [4.78, 5) is 12.2. The first-order valence-electron chi connectivity index (χ1n) is 8.22. The van der Waals surface area contributed by atoms with E-state index in [9.17, 15) is 4.79 Å². The first-order chi connectivity index (χ1) is 11.2. The number of ether oxygens (including phenoxy) is 2. The van der Waals surface area contributed by atoms with Crippen LogP contribution in [-0.2, 0) is 6.54 Å². The van der Waals surface area contributed by atoms with Crippen LogP contribution in [0.4, 0.5) is 0 Å². The van der Waals surface area contributed by atoms with Gasteiger partial charge in [0.2, 0.25) is 0 Å². The standard InChI is InChI=1S/C19H25NO3/c1-3-14-23-18-7-6-13-20(19(18)21)12-4-5-15-22-17-10-8-16(2)9-11-17/h6-11,13H,3-5,12,14-15H2,1-2H3. The fraction of sp³-hybridized carbons (Fsp3) is 0.421. The molecule has 2 aromatic rings. The minimum absolute atomic E-state index is 0.0552. The lowest BCUT2D eigenvalue weighted by atomic mass is 10.2. The van der Waals surface area contributed by atoms with Crippen molar-refractivity contribution in [2.24, 2.45) is 0 Å². The summed E-state index contributed by atoms with van der Waals surface area (Å²) in [5.74, 6) is 1.33. The normalized spacial score (nSPS) is 10.5. The molecule has 1 aromatic carbocycles. The maximum Gasteiger partial charge on any atom is 0.292 e. The Hall–Kier alpha value is -2.23. The van der Waals surface area contributed by atoms with Gasteiger partial charge < -0.3 is 14.0 Å². The van der Waals surface area contributed by atoms with E-state index in [-0.39, 0.29) is 5.56 Å². The molecule has 0 radical (unpaired) electrons. The summed E-state index contributed by atoms with van der Waals surface area (Å²) in [7, 11) is 0. The quantitative estimate of drug-likeness (QED) is 0.661. The highest BCUT2D eigenvalue weighted by Gasteiger charge is 2.03. The van der Waals surface area contributed by atoms with E-state index >= 15 is 0 Å². The number of hydrogen-bond donors (Lipinski definition) is 0. The van der Waals surface area contributed by atoms with E-state index in [0.717, 1.165) is 25.0 Å². The van der Waals surface area contributed by atoms with Crippen LogP contribution in [0.15, 0.2) is 47.4 Å². The molecule has 1 aromatic heterocycles. The molecule has 0 saturated heterocycles. The molecule has 0 unspecified atom stereocenters. The number of pyridine rings is 1. The number of rotatable bonds is 9. The van der Waals surface area contributed by atoms with Gasteiger partial charge in [-0.25, -0.2) is 0 Å². The van der Waals surface area contributed by atoms with Crippen LogP contribution in [0, 0.1) is 6.92 Å². The monoisotopic (exact) mass is 315 g/mol. The first-order valence-corrected chi connectivity index (χ1v) is 8.22. The fourth-order valence-electron chi connectivity index (χ4n) is 2.22. The highest BCUT2D eigenvalue weighted by Crippen LogP contribution is 2.12. The van der Waals surface area contributed by atoms with Crippen molar-refractivity contribution in [2.75, 3.05) is 13.2 Å². The van der Waals surface area contributed by atoms with E-state index in [4.69, 9.17) is 9.47 Å². The predicted octanol–water partition coefficient (Wildman–Crippen LogP) is 3.80. The van der Waals surface area contributed by atoms with E-state index in [0.29, 0.717) is 25.5 Å². The average Bonchev–Trinajstić information content (AvgIpc) is 2.56. The second kappa shape index (κ2) is 9.03. The Balaban J connectivity index is 1.75. The molecule has 0 amide bonds. The van der Waals surface area contributed by atoms with E-state index in [1.54, 1.807) is 10.6 Å². The Labute approximate surface area is 137 Å². The molecule has 0 aliphatic heterocycles. The summed E-state index contributed by atoms with van der Waals surface area (Å²) in [6.45, 7) is 5.99. The van der Waals surface area contributed by atoms with Crippen LogP contribution in [0.5, 0.6) is 11.5 Å². The molecular weight excluding hydrogens is 290 g/mol. The molecule has 1 heterocycles. The summed E-state index contributed by atoms with van der Waals surface area (Å²) in [6, 6.07) is 11.6. The predicted molar refractivity (Wildman–Crippen MR) is 92.4 cm³/mol. The van der Waals surface area contributed by atoms with Gasteiger partial charge >= 0.3 is 0 Å². The third kappa shape index (κ3) is 5.47. The van der Waals surface area contributed by atoms with E-state index < -0.39 is 0 Å². The third-order valence-corrected chi connectivity index (χ3v) is 3.53. The van der Waals surface area contributed by atoms with Crippen LogP contribution in [0.1, 0.15) is 31.7 Å². The lowest BCUT2D eigenvalue weighted by Gasteiger charge is -2.09. The maximum atomic E-state index is 12.2. The number of nitrogens with zero attached hydrogens (tertiary/aromatic N) is 1. The number of benzene rings is 1. The Bertz CT molecular complexity index is 646. The van der Waals surface area contributed by atoms with Gasteiger partial charge in [-0.05, 0) is 50.5 Å². The lowest BCUT2D eigenvalue weighted by molar-refractivity contribution is 0.299. The fourth-order valence-corrected chi connectivity index (χ4v) is 2.22. The molecule has 0 fully saturated rings. The number of unbranched alkanes of at least 4 members (excludes halogenated alkanes) is 1. The Morgan fingerprint density at radius 2 is 1.78 bits per heavy atom. The molecule has 0 spiro atoms. The highest BCUT2D eigenvalue weighted by molar-refractivity contribution is 5.26. The van der Waals surface area contributed by atoms with Crippen LogP contribution in [0.3, 0.4) is 0 Å². The molecule has 4 nitrogen and oxygen atoms in total. The van der Waals surface area contributed by atoms with E-state index in [1.807, 2.05) is 43.5 Å². The molecular formula is C19H25NO3. The van der Waals surface area contributed by atoms with Gasteiger partial charge in [-0.15, -0.1) is 0 Å². The summed E-state index contributed by atoms with van der Waals surface area (Å²) < 4.78 is 12.9. The molecule has 23 heavy (non-hydrogen) atoms. The molecule has 2 rings (SSSR count). The molecule has 4 heteroatoms. The summed E-state index contributed by atoms with van der Waals surface area (Å²) in [5, 5.41) is 0. The Morgan fingerprint density at radius 3 is 2.52 bits per heavy atom. The van der Waals surface area contributed by atoms with Crippen molar-refractivity contribution in [1.29, 1.82) is 0 Å². The van der Waals surface area contributed by atoms with Crippen molar-refractivity contribution >= 4 is 0 Å². The van der Waals surface area contributed by atoms with Gasteiger partial charge in [0.05, 0.1) is 13.2 Å². The minimum Gasteiger partial charge on any atom is -0.494 e. The molecule has 0 saturated carbocycles. The van der Waals surface area contributed by atoms with Crippen LogP contribution >= 0.6 is 0 Å². The third-order valence-electron chi connectivity index (χ3n) is 3.53. The van der Waals surface area contributed by atoms with Gasteiger partial charge in [0, 0.05) is 12.7 Å². The van der Waals surface area contributed by atoms with Gasteiger partial charge in [-0.2, -0.15) is 0 Å². The lowest BCUT2D eigenvalue weighted by Crippen LogP contribution is -2.21. The average molecular weight is 315 g/mol. The molecule has 0 N–H and O–H groups in total. The zero-order valence-electron chi connectivity index (χ0n) is 14.0. The summed E-state index contributed by atoms with van der Waals surface area (Å²) >= 11 is 0. The van der Waals surface area contributed by atoms with Crippen LogP contribution in [0.25, 0.3) is 0 Å². The topological polar surface area (TPSA) is 40.5 Å². The Kier molecular flexibility index (Phi) is 6.73. The second-order valence-electron chi connectivity index (χ2n) is 5.59. The largest absolute Gasteiger partial charge is 0.494 e. The minimum atomic E-state index is -0.0552. The van der Waals surface area contributed by atoms with Gasteiger partial charge in [0.15, 0.2) is 5.75 Å². The Morgan fingerprint density at radius 1 is 1.00 bits per heavy atom. The number of aromatic nitrogens is 1. The van der Waals surface area contributed by atoms with Gasteiger partial charge in [0.25, 0.3) is 5.56 Å². The maximum absolute atomic E-state index is 12.2. The summed E-state index contributed by atoms with van der Waals surface area (Å²) in [5.41, 5.74) is 1.17. The second-order valence-corrected chi connectivity index (χ2v) is 5.59. The highest BCUT2D eigenvalue weighted by atomic mass is 16.5. The van der Waals surface area contributed by atoms with Crippen molar-refractivity contribution in [3.8, 4) is 11.5 Å². The van der Waals surface area contributed by atoms with Crippen LogP contribution < -0.4 is 15.0 Å². The van der Waals surface area contributed by atoms with Crippen molar-refractivity contribution < 1.29 is 9.47 Å². The zero-order valence-corrected chi connectivity index (χ0v) is 14.0. The molecule has 124 valence electrons. The van der Waals surface area contributed by atoms with E-state index in [1.165, 1.54) is 5.56 Å². The van der Waals surface area contributed by atoms with Gasteiger partial charge in [0.1, 0.15) is 5.75 Å². The smallest absolute Gasteiger partial charge is 0.292 e. The van der Waals surface area contributed by atoms with Crippen LogP contribution in [-0.4, -0.2) is 17.8 Å². The summed E-state index contributed by atoms with van der Waals surface area (Å²) in [6.07, 6.45) is 4.50. The number of hydrogen-bond acceptors (Lipinski definition) is 3. The molecule has 0 aliphatic rings. The van der Waals surface area contributed by atoms with Crippen molar-refractivity contribution in [3.05, 3.63) is 58.5 Å². The number of aryl methyl sites for hydroxylation is 2. The van der Waals surface area contributed by atoms with Crippen molar-refractivity contribution in [1.82, 2.24) is 4.57 Å². The molecule has 0 bridgehead atoms. The van der Waals surface area contributed by atoms with Crippen molar-refractivity contribution in [3.63, 3.8) is 0 Å². The molecule has 0 atom stereocenters. The zero-order chi connectivity index (χ0) is 16.5. The molecule has 0 aliphatic carbocycles. The van der Waals surface area contributed by atoms with E-state index in [2.05, 4.69) is 6.92 Å². The first kappa shape index (κ1) is 17.1. The van der Waals surface area contributed by atoms with Gasteiger partial charge in [-0.1, -0.05) is 24.6 Å². The van der Waals surface area contributed by atoms with Crippen LogP contribution in [0.2, 0.25) is 0 Å². The van der Waals surface area contributed by atoms with Gasteiger partial charge in [-0.3, -0.25) is 4.79 Å².